The van der Waals surface area contributed by atoms with Crippen LogP contribution in [0.1, 0.15) is 26.3 Å². The van der Waals surface area contributed by atoms with Crippen LogP contribution in [-0.2, 0) is 11.0 Å². The van der Waals surface area contributed by atoms with Gasteiger partial charge in [-0.3, -0.25) is 0 Å². The number of hydrogen-bond donors (Lipinski definition) is 0. The molecule has 17 heavy (non-hydrogen) atoms. The lowest BCUT2D eigenvalue weighted by Gasteiger charge is -2.12. The standard InChI is InChI=1S/C12H16FNO2S/c1-12(2,3)17(15)14-8-9-5-10(13)7-11(6-9)16-4/h5-8H,1-4H3. The van der Waals surface area contributed by atoms with Gasteiger partial charge in [0.2, 0.25) is 0 Å². The number of nitrogens with zero attached hydrogens (tertiary/aromatic N) is 1. The van der Waals surface area contributed by atoms with Crippen molar-refractivity contribution in [1.29, 1.82) is 0 Å². The largest absolute Gasteiger partial charge is 0.497 e. The Morgan fingerprint density at radius 2 is 2.00 bits per heavy atom. The van der Waals surface area contributed by atoms with Crippen LogP contribution in [0.4, 0.5) is 4.39 Å². The Morgan fingerprint density at radius 3 is 2.53 bits per heavy atom. The van der Waals surface area contributed by atoms with E-state index in [1.807, 2.05) is 20.8 Å². The van der Waals surface area contributed by atoms with Gasteiger partial charge in [-0.25, -0.2) is 8.60 Å². The molecule has 1 rings (SSSR count). The molecule has 0 radical (unpaired) electrons. The van der Waals surface area contributed by atoms with Crippen molar-refractivity contribution in [2.45, 2.75) is 25.5 Å². The number of benzene rings is 1. The van der Waals surface area contributed by atoms with Crippen LogP contribution in [0, 0.1) is 5.82 Å². The van der Waals surface area contributed by atoms with Gasteiger partial charge in [-0.15, -0.1) is 0 Å². The first-order valence-corrected chi connectivity index (χ1v) is 6.24. The molecule has 3 nitrogen and oxygen atoms in total. The second-order valence-corrected chi connectivity index (χ2v) is 6.45. The zero-order chi connectivity index (χ0) is 13.1. The lowest BCUT2D eigenvalue weighted by Crippen LogP contribution is -2.19. The van der Waals surface area contributed by atoms with Gasteiger partial charge < -0.3 is 4.74 Å². The molecular formula is C12H16FNO2S. The summed E-state index contributed by atoms with van der Waals surface area (Å²) >= 11 is 0. The van der Waals surface area contributed by atoms with E-state index < -0.39 is 21.5 Å². The summed E-state index contributed by atoms with van der Waals surface area (Å²) in [5.41, 5.74) is 0.527. The maximum Gasteiger partial charge on any atom is 0.144 e. The van der Waals surface area contributed by atoms with Crippen molar-refractivity contribution in [3.05, 3.63) is 29.6 Å². The van der Waals surface area contributed by atoms with E-state index in [2.05, 4.69) is 4.40 Å². The molecule has 0 amide bonds. The highest BCUT2D eigenvalue weighted by molar-refractivity contribution is 7.85. The minimum atomic E-state index is -1.35. The monoisotopic (exact) mass is 257 g/mol. The SMILES string of the molecule is COc1cc(F)cc(C=NS(=O)C(C)(C)C)c1. The Labute approximate surface area is 103 Å². The molecule has 1 atom stereocenters. The minimum Gasteiger partial charge on any atom is -0.497 e. The van der Waals surface area contributed by atoms with Crippen LogP contribution in [0.5, 0.6) is 5.75 Å². The van der Waals surface area contributed by atoms with E-state index in [0.29, 0.717) is 11.3 Å². The van der Waals surface area contributed by atoms with E-state index in [1.54, 1.807) is 6.07 Å². The zero-order valence-corrected chi connectivity index (χ0v) is 11.2. The van der Waals surface area contributed by atoms with Crippen LogP contribution < -0.4 is 4.74 Å². The van der Waals surface area contributed by atoms with Crippen molar-refractivity contribution < 1.29 is 13.3 Å². The van der Waals surface area contributed by atoms with Gasteiger partial charge in [0.05, 0.1) is 11.9 Å². The molecule has 0 fully saturated rings. The summed E-state index contributed by atoms with van der Waals surface area (Å²) in [5, 5.41) is 0. The molecule has 1 aromatic rings. The summed E-state index contributed by atoms with van der Waals surface area (Å²) in [6.07, 6.45) is 1.40. The van der Waals surface area contributed by atoms with E-state index >= 15 is 0 Å². The molecule has 0 aromatic heterocycles. The Kier molecular flexibility index (Phi) is 4.40. The van der Waals surface area contributed by atoms with Gasteiger partial charge in [-0.2, -0.15) is 4.40 Å². The first-order valence-electron chi connectivity index (χ1n) is 5.13. The van der Waals surface area contributed by atoms with Crippen molar-refractivity contribution in [1.82, 2.24) is 0 Å². The van der Waals surface area contributed by atoms with Crippen LogP contribution in [0.2, 0.25) is 0 Å². The van der Waals surface area contributed by atoms with Crippen molar-refractivity contribution in [2.75, 3.05) is 7.11 Å². The average molecular weight is 257 g/mol. The van der Waals surface area contributed by atoms with Crippen molar-refractivity contribution in [3.63, 3.8) is 0 Å². The third-order valence-electron chi connectivity index (χ3n) is 1.95. The Balaban J connectivity index is 2.92. The number of rotatable bonds is 3. The highest BCUT2D eigenvalue weighted by Crippen LogP contribution is 2.16. The first kappa shape index (κ1) is 13.8. The smallest absolute Gasteiger partial charge is 0.144 e. The summed E-state index contributed by atoms with van der Waals surface area (Å²) in [4.78, 5) is 0. The molecule has 0 N–H and O–H groups in total. The summed E-state index contributed by atoms with van der Waals surface area (Å²) in [5.74, 6) is 0.000307. The molecule has 0 aliphatic heterocycles. The fourth-order valence-corrected chi connectivity index (χ4v) is 1.58. The maximum atomic E-state index is 13.2. The van der Waals surface area contributed by atoms with E-state index in [-0.39, 0.29) is 0 Å². The lowest BCUT2D eigenvalue weighted by atomic mass is 10.2. The number of ether oxygens (including phenoxy) is 1. The predicted molar refractivity (Wildman–Crippen MR) is 68.4 cm³/mol. The topological polar surface area (TPSA) is 38.7 Å². The molecule has 1 unspecified atom stereocenters. The van der Waals surface area contributed by atoms with Crippen molar-refractivity contribution in [2.24, 2.45) is 4.40 Å². The molecule has 94 valence electrons. The molecular weight excluding hydrogens is 241 g/mol. The highest BCUT2D eigenvalue weighted by atomic mass is 32.2. The van der Waals surface area contributed by atoms with Crippen LogP contribution >= 0.6 is 0 Å². The molecule has 0 saturated carbocycles. The molecule has 0 aliphatic carbocycles. The van der Waals surface area contributed by atoms with E-state index in [4.69, 9.17) is 4.74 Å². The third kappa shape index (κ3) is 4.26. The van der Waals surface area contributed by atoms with Gasteiger partial charge in [-0.1, -0.05) is 0 Å². The second kappa shape index (κ2) is 5.40. The highest BCUT2D eigenvalue weighted by Gasteiger charge is 2.18. The maximum absolute atomic E-state index is 13.2. The van der Waals surface area contributed by atoms with Crippen LogP contribution in [0.15, 0.2) is 22.6 Å². The Bertz CT molecular complexity index is 452. The molecule has 0 spiro atoms. The molecule has 1 aromatic carbocycles. The number of hydrogen-bond acceptors (Lipinski definition) is 2. The van der Waals surface area contributed by atoms with Gasteiger partial charge in [0.25, 0.3) is 0 Å². The Hall–Kier alpha value is -1.23. The third-order valence-corrected chi connectivity index (χ3v) is 3.30. The minimum absolute atomic E-state index is 0.410. The molecule has 0 aliphatic rings. The zero-order valence-electron chi connectivity index (χ0n) is 10.4. The van der Waals surface area contributed by atoms with Gasteiger partial charge in [0.15, 0.2) is 0 Å². The predicted octanol–water partition coefficient (Wildman–Crippen LogP) is 2.72. The van der Waals surface area contributed by atoms with E-state index in [0.717, 1.165) is 0 Å². The van der Waals surface area contributed by atoms with Crippen LogP contribution in [-0.4, -0.2) is 22.3 Å². The van der Waals surface area contributed by atoms with Gasteiger partial charge in [0.1, 0.15) is 22.6 Å². The first-order chi connectivity index (χ1) is 7.82. The van der Waals surface area contributed by atoms with Crippen LogP contribution in [0.25, 0.3) is 0 Å². The fourth-order valence-electron chi connectivity index (χ4n) is 1.04. The summed E-state index contributed by atoms with van der Waals surface area (Å²) < 4.78 is 33.2. The summed E-state index contributed by atoms with van der Waals surface area (Å²) in [6, 6.07) is 4.22. The number of halogens is 1. The Morgan fingerprint density at radius 1 is 1.35 bits per heavy atom. The molecule has 0 heterocycles. The number of methoxy groups -OCH3 is 1. The summed E-state index contributed by atoms with van der Waals surface area (Å²) in [7, 11) is 0.114. The van der Waals surface area contributed by atoms with Gasteiger partial charge >= 0.3 is 0 Å². The lowest BCUT2D eigenvalue weighted by molar-refractivity contribution is 0.411. The molecule has 5 heteroatoms. The summed E-state index contributed by atoms with van der Waals surface area (Å²) in [6.45, 7) is 5.48. The van der Waals surface area contributed by atoms with Gasteiger partial charge in [0, 0.05) is 17.8 Å². The van der Waals surface area contributed by atoms with Gasteiger partial charge in [-0.05, 0) is 32.9 Å². The quantitative estimate of drug-likeness (QED) is 0.781. The molecule has 0 bridgehead atoms. The van der Waals surface area contributed by atoms with E-state index in [1.165, 1.54) is 25.5 Å². The average Bonchev–Trinajstić information content (AvgIpc) is 2.23. The second-order valence-electron chi connectivity index (χ2n) is 4.52. The normalized spacial score (nSPS) is 13.9. The van der Waals surface area contributed by atoms with E-state index in [9.17, 15) is 8.60 Å². The van der Waals surface area contributed by atoms with Crippen molar-refractivity contribution >= 4 is 17.2 Å². The fraction of sp³-hybridized carbons (Fsp3) is 0.417. The van der Waals surface area contributed by atoms with Crippen molar-refractivity contribution in [3.8, 4) is 5.75 Å². The van der Waals surface area contributed by atoms with Crippen LogP contribution in [0.3, 0.4) is 0 Å². The molecule has 0 saturated heterocycles.